The summed E-state index contributed by atoms with van der Waals surface area (Å²) in [6.45, 7) is 0.227. The lowest BCUT2D eigenvalue weighted by Gasteiger charge is -2.24. The van der Waals surface area contributed by atoms with Crippen LogP contribution in [0.4, 0.5) is 5.82 Å². The van der Waals surface area contributed by atoms with Gasteiger partial charge in [0.25, 0.3) is 0 Å². The molecule has 0 aliphatic carbocycles. The number of pyridine rings is 1. The summed E-state index contributed by atoms with van der Waals surface area (Å²) in [5, 5.41) is 16.8. The number of aromatic nitrogens is 1. The van der Waals surface area contributed by atoms with Gasteiger partial charge < -0.3 is 15.2 Å². The monoisotopic (exact) mass is 311 g/mol. The first-order valence-corrected chi connectivity index (χ1v) is 6.78. The minimum absolute atomic E-state index is 0.194. The summed E-state index contributed by atoms with van der Waals surface area (Å²) in [7, 11) is 3.12. The predicted molar refractivity (Wildman–Crippen MR) is 86.6 cm³/mol. The van der Waals surface area contributed by atoms with Gasteiger partial charge in [-0.25, -0.2) is 4.98 Å². The maximum Gasteiger partial charge on any atom is 0.194 e. The Kier molecular flexibility index (Phi) is 5.00. The first kappa shape index (κ1) is 16.1. The molecule has 0 amide bonds. The van der Waals surface area contributed by atoms with Gasteiger partial charge in [-0.2, -0.15) is 5.26 Å². The fourth-order valence-corrected chi connectivity index (χ4v) is 2.17. The van der Waals surface area contributed by atoms with Crippen LogP contribution in [0, 0.1) is 16.7 Å². The number of methoxy groups -OCH3 is 2. The maximum absolute atomic E-state index is 9.02. The maximum atomic E-state index is 9.02. The van der Waals surface area contributed by atoms with E-state index in [1.54, 1.807) is 38.5 Å². The molecule has 2 rings (SSSR count). The van der Waals surface area contributed by atoms with E-state index in [1.807, 2.05) is 12.1 Å². The van der Waals surface area contributed by atoms with Crippen molar-refractivity contribution in [2.24, 2.45) is 5.73 Å². The number of nitriles is 1. The summed E-state index contributed by atoms with van der Waals surface area (Å²) >= 11 is 0. The molecule has 23 heavy (non-hydrogen) atoms. The first-order chi connectivity index (χ1) is 11.1. The highest BCUT2D eigenvalue weighted by Gasteiger charge is 2.18. The zero-order chi connectivity index (χ0) is 16.8. The SMILES string of the molecule is COc1cccc(OC)c1CN(C(=N)N)c1cc(C#N)ccn1. The fraction of sp³-hybridized carbons (Fsp3) is 0.188. The molecule has 1 aromatic carbocycles. The molecule has 0 saturated heterocycles. The Balaban J connectivity index is 2.45. The molecule has 0 saturated carbocycles. The van der Waals surface area contributed by atoms with Gasteiger partial charge in [0.15, 0.2) is 5.96 Å². The number of hydrogen-bond acceptors (Lipinski definition) is 5. The molecule has 1 heterocycles. The molecular formula is C16H17N5O2. The Morgan fingerprint density at radius 1 is 1.30 bits per heavy atom. The summed E-state index contributed by atoms with van der Waals surface area (Å²) in [6.07, 6.45) is 1.50. The third-order valence-corrected chi connectivity index (χ3v) is 3.29. The molecule has 0 atom stereocenters. The topological polar surface area (TPSA) is 108 Å². The minimum atomic E-state index is -0.194. The first-order valence-electron chi connectivity index (χ1n) is 6.78. The highest BCUT2D eigenvalue weighted by Crippen LogP contribution is 2.30. The van der Waals surface area contributed by atoms with Gasteiger partial charge in [-0.15, -0.1) is 0 Å². The number of rotatable bonds is 5. The second-order valence-electron chi connectivity index (χ2n) is 4.63. The lowest BCUT2D eigenvalue weighted by Crippen LogP contribution is -2.36. The minimum Gasteiger partial charge on any atom is -0.496 e. The van der Waals surface area contributed by atoms with Crippen LogP contribution in [0.1, 0.15) is 11.1 Å². The molecule has 7 heteroatoms. The van der Waals surface area contributed by atoms with Crippen molar-refractivity contribution in [2.45, 2.75) is 6.54 Å². The van der Waals surface area contributed by atoms with Gasteiger partial charge in [0.05, 0.1) is 38.0 Å². The van der Waals surface area contributed by atoms with Crippen molar-refractivity contribution < 1.29 is 9.47 Å². The van der Waals surface area contributed by atoms with Crippen LogP contribution >= 0.6 is 0 Å². The summed E-state index contributed by atoms with van der Waals surface area (Å²) < 4.78 is 10.7. The molecule has 0 aliphatic rings. The third-order valence-electron chi connectivity index (χ3n) is 3.29. The highest BCUT2D eigenvalue weighted by molar-refractivity contribution is 5.91. The van der Waals surface area contributed by atoms with Crippen molar-refractivity contribution in [3.63, 3.8) is 0 Å². The van der Waals surface area contributed by atoms with Gasteiger partial charge in [0.1, 0.15) is 17.3 Å². The lowest BCUT2D eigenvalue weighted by atomic mass is 10.1. The van der Waals surface area contributed by atoms with Crippen LogP contribution < -0.4 is 20.1 Å². The van der Waals surface area contributed by atoms with Crippen molar-refractivity contribution in [1.29, 1.82) is 10.7 Å². The second-order valence-corrected chi connectivity index (χ2v) is 4.63. The Morgan fingerprint density at radius 3 is 2.48 bits per heavy atom. The molecule has 7 nitrogen and oxygen atoms in total. The summed E-state index contributed by atoms with van der Waals surface area (Å²) in [5.74, 6) is 1.45. The number of nitrogens with one attached hydrogen (secondary N) is 1. The van der Waals surface area contributed by atoms with Crippen molar-refractivity contribution in [1.82, 2.24) is 4.98 Å². The van der Waals surface area contributed by atoms with Crippen molar-refractivity contribution in [2.75, 3.05) is 19.1 Å². The Labute approximate surface area is 134 Å². The molecule has 0 unspecified atom stereocenters. The van der Waals surface area contributed by atoms with Crippen LogP contribution in [0.25, 0.3) is 0 Å². The standard InChI is InChI=1S/C16H17N5O2/c1-22-13-4-3-5-14(23-2)12(13)10-21(16(18)19)15-8-11(9-17)6-7-20-15/h3-8H,10H2,1-2H3,(H3,18,19). The predicted octanol–water partition coefficient (Wildman–Crippen LogP) is 1.87. The molecule has 0 spiro atoms. The largest absolute Gasteiger partial charge is 0.496 e. The summed E-state index contributed by atoms with van der Waals surface area (Å²) in [5.41, 5.74) is 6.87. The Hall–Kier alpha value is -3.27. The number of nitrogens with two attached hydrogens (primary N) is 1. The molecule has 0 radical (unpaired) electrons. The average molecular weight is 311 g/mol. The number of benzene rings is 1. The van der Waals surface area contributed by atoms with Gasteiger partial charge in [-0.05, 0) is 24.3 Å². The number of guanidine groups is 1. The van der Waals surface area contributed by atoms with Gasteiger partial charge in [-0.1, -0.05) is 6.07 Å². The van der Waals surface area contributed by atoms with E-state index in [-0.39, 0.29) is 12.5 Å². The third kappa shape index (κ3) is 3.49. The molecule has 0 fully saturated rings. The van der Waals surface area contributed by atoms with Gasteiger partial charge in [0.2, 0.25) is 0 Å². The number of nitrogens with zero attached hydrogens (tertiary/aromatic N) is 3. The van der Waals surface area contributed by atoms with Crippen molar-refractivity contribution >= 4 is 11.8 Å². The number of anilines is 1. The van der Waals surface area contributed by atoms with Crippen LogP contribution in [-0.2, 0) is 6.54 Å². The van der Waals surface area contributed by atoms with Crippen molar-refractivity contribution in [3.8, 4) is 17.6 Å². The second kappa shape index (κ2) is 7.13. The fourth-order valence-electron chi connectivity index (χ4n) is 2.17. The molecule has 118 valence electrons. The lowest BCUT2D eigenvalue weighted by molar-refractivity contribution is 0.385. The van der Waals surface area contributed by atoms with Gasteiger partial charge in [0, 0.05) is 6.20 Å². The molecular weight excluding hydrogens is 294 g/mol. The van der Waals surface area contributed by atoms with E-state index in [0.717, 1.165) is 5.56 Å². The molecule has 3 N–H and O–H groups in total. The van der Waals surface area contributed by atoms with Gasteiger partial charge >= 0.3 is 0 Å². The summed E-state index contributed by atoms with van der Waals surface area (Å²) in [6, 6.07) is 10.6. The quantitative estimate of drug-likeness (QED) is 0.644. The molecule has 0 aliphatic heterocycles. The summed E-state index contributed by atoms with van der Waals surface area (Å²) in [4.78, 5) is 5.66. The van der Waals surface area contributed by atoms with Gasteiger partial charge in [-0.3, -0.25) is 10.3 Å². The van der Waals surface area contributed by atoms with E-state index >= 15 is 0 Å². The molecule has 1 aromatic heterocycles. The zero-order valence-electron chi connectivity index (χ0n) is 12.9. The number of ether oxygens (including phenoxy) is 2. The van der Waals surface area contributed by atoms with Crippen LogP contribution in [0.3, 0.4) is 0 Å². The van der Waals surface area contributed by atoms with E-state index < -0.39 is 0 Å². The molecule has 0 bridgehead atoms. The normalized spacial score (nSPS) is 9.78. The Bertz CT molecular complexity index is 732. The van der Waals surface area contributed by atoms with E-state index in [0.29, 0.717) is 22.9 Å². The van der Waals surface area contributed by atoms with Crippen LogP contribution in [0.15, 0.2) is 36.5 Å². The Morgan fingerprint density at radius 2 is 1.96 bits per heavy atom. The van der Waals surface area contributed by atoms with E-state index in [4.69, 9.17) is 25.9 Å². The van der Waals surface area contributed by atoms with E-state index in [1.165, 1.54) is 11.1 Å². The highest BCUT2D eigenvalue weighted by atomic mass is 16.5. The van der Waals surface area contributed by atoms with Crippen LogP contribution in [-0.4, -0.2) is 25.2 Å². The van der Waals surface area contributed by atoms with E-state index in [9.17, 15) is 0 Å². The zero-order valence-corrected chi connectivity index (χ0v) is 12.9. The smallest absolute Gasteiger partial charge is 0.194 e. The van der Waals surface area contributed by atoms with E-state index in [2.05, 4.69) is 4.98 Å². The number of hydrogen-bond donors (Lipinski definition) is 2. The average Bonchev–Trinajstić information content (AvgIpc) is 2.59. The van der Waals surface area contributed by atoms with Crippen LogP contribution in [0.5, 0.6) is 11.5 Å². The molecule has 2 aromatic rings. The van der Waals surface area contributed by atoms with Crippen molar-refractivity contribution in [3.05, 3.63) is 47.7 Å². The van der Waals surface area contributed by atoms with Crippen LogP contribution in [0.2, 0.25) is 0 Å².